The van der Waals surface area contributed by atoms with Gasteiger partial charge in [-0.1, -0.05) is 5.16 Å². The topological polar surface area (TPSA) is 105 Å². The van der Waals surface area contributed by atoms with E-state index in [1.54, 1.807) is 20.0 Å². The summed E-state index contributed by atoms with van der Waals surface area (Å²) in [7, 11) is 1.56. The summed E-state index contributed by atoms with van der Waals surface area (Å²) >= 11 is 0. The van der Waals surface area contributed by atoms with E-state index in [4.69, 9.17) is 10.9 Å². The first-order valence-corrected chi connectivity index (χ1v) is 4.59. The molecule has 0 spiro atoms. The maximum absolute atomic E-state index is 11.9. The summed E-state index contributed by atoms with van der Waals surface area (Å²) in [5.41, 5.74) is 5.81. The maximum Gasteiger partial charge on any atom is 0.255 e. The molecule has 86 valence electrons. The molecule has 7 heteroatoms. The lowest BCUT2D eigenvalue weighted by Crippen LogP contribution is -2.43. The van der Waals surface area contributed by atoms with Crippen molar-refractivity contribution >= 4 is 11.7 Å². The van der Waals surface area contributed by atoms with Crippen LogP contribution in [0.5, 0.6) is 0 Å². The van der Waals surface area contributed by atoms with Crippen molar-refractivity contribution in [3.05, 3.63) is 24.0 Å². The molecule has 0 aliphatic rings. The molecular formula is C9H13N5O2. The third kappa shape index (κ3) is 2.44. The Kier molecular flexibility index (Phi) is 3.76. The van der Waals surface area contributed by atoms with E-state index >= 15 is 0 Å². The standard InChI is InChI=1S/C9H13N5O2/c1-6(8(10)13-16)14(2)9(15)7-3-4-11-12-5-7/h3-6,16H,1-2H3,(H2,10,13). The largest absolute Gasteiger partial charge is 0.409 e. The number of carbonyl (C=O) groups excluding carboxylic acids is 1. The highest BCUT2D eigenvalue weighted by atomic mass is 16.4. The molecule has 1 atom stereocenters. The van der Waals surface area contributed by atoms with Crippen LogP contribution in [0.25, 0.3) is 0 Å². The Morgan fingerprint density at radius 2 is 2.31 bits per heavy atom. The van der Waals surface area contributed by atoms with Crippen LogP contribution < -0.4 is 5.73 Å². The van der Waals surface area contributed by atoms with Gasteiger partial charge in [0.1, 0.15) is 0 Å². The maximum atomic E-state index is 11.9. The van der Waals surface area contributed by atoms with Gasteiger partial charge in [-0.15, -0.1) is 0 Å². The Balaban J connectivity index is 2.83. The monoisotopic (exact) mass is 223 g/mol. The van der Waals surface area contributed by atoms with Crippen LogP contribution in [0.15, 0.2) is 23.6 Å². The highest BCUT2D eigenvalue weighted by Crippen LogP contribution is 2.04. The number of nitrogens with two attached hydrogens (primary N) is 1. The van der Waals surface area contributed by atoms with Gasteiger partial charge in [0.2, 0.25) is 0 Å². The van der Waals surface area contributed by atoms with Crippen molar-refractivity contribution in [3.8, 4) is 0 Å². The van der Waals surface area contributed by atoms with Gasteiger partial charge in [-0.2, -0.15) is 10.2 Å². The predicted molar refractivity (Wildman–Crippen MR) is 57.0 cm³/mol. The Hall–Kier alpha value is -2.18. The van der Waals surface area contributed by atoms with E-state index in [0.717, 1.165) is 0 Å². The fraction of sp³-hybridized carbons (Fsp3) is 0.333. The normalized spacial score (nSPS) is 13.2. The van der Waals surface area contributed by atoms with Gasteiger partial charge in [0, 0.05) is 7.05 Å². The summed E-state index contributed by atoms with van der Waals surface area (Å²) < 4.78 is 0. The second-order valence-corrected chi connectivity index (χ2v) is 3.25. The highest BCUT2D eigenvalue weighted by molar-refractivity contribution is 5.97. The van der Waals surface area contributed by atoms with Gasteiger partial charge in [0.25, 0.3) is 5.91 Å². The van der Waals surface area contributed by atoms with Gasteiger partial charge in [-0.3, -0.25) is 4.79 Å². The van der Waals surface area contributed by atoms with Crippen molar-refractivity contribution in [1.82, 2.24) is 15.1 Å². The van der Waals surface area contributed by atoms with Gasteiger partial charge in [0.15, 0.2) is 5.84 Å². The molecule has 1 unspecified atom stereocenters. The first kappa shape index (κ1) is 11.9. The molecule has 0 radical (unpaired) electrons. The molecule has 1 aromatic rings. The lowest BCUT2D eigenvalue weighted by atomic mass is 10.2. The smallest absolute Gasteiger partial charge is 0.255 e. The molecule has 3 N–H and O–H groups in total. The number of oxime groups is 1. The van der Waals surface area contributed by atoms with Crippen molar-refractivity contribution in [3.63, 3.8) is 0 Å². The zero-order valence-electron chi connectivity index (χ0n) is 9.03. The first-order valence-electron chi connectivity index (χ1n) is 4.59. The molecule has 1 heterocycles. The summed E-state index contributed by atoms with van der Waals surface area (Å²) in [4.78, 5) is 13.2. The van der Waals surface area contributed by atoms with Crippen LogP contribution in [-0.4, -0.2) is 45.1 Å². The Morgan fingerprint density at radius 1 is 1.62 bits per heavy atom. The fourth-order valence-corrected chi connectivity index (χ4v) is 1.08. The van der Waals surface area contributed by atoms with Crippen LogP contribution in [0.1, 0.15) is 17.3 Å². The number of carbonyl (C=O) groups is 1. The van der Waals surface area contributed by atoms with E-state index in [9.17, 15) is 4.79 Å². The number of rotatable bonds is 3. The number of amides is 1. The third-order valence-corrected chi connectivity index (χ3v) is 2.28. The van der Waals surface area contributed by atoms with Gasteiger partial charge >= 0.3 is 0 Å². The van der Waals surface area contributed by atoms with Crippen LogP contribution in [-0.2, 0) is 0 Å². The molecule has 0 saturated carbocycles. The molecule has 1 amide bonds. The van der Waals surface area contributed by atoms with E-state index in [0.29, 0.717) is 5.56 Å². The van der Waals surface area contributed by atoms with E-state index in [1.165, 1.54) is 17.3 Å². The predicted octanol–water partition coefficient (Wildman–Crippen LogP) is -0.317. The summed E-state index contributed by atoms with van der Waals surface area (Å²) in [6.07, 6.45) is 2.78. The molecular weight excluding hydrogens is 210 g/mol. The molecule has 1 aromatic heterocycles. The number of amidine groups is 1. The summed E-state index contributed by atoms with van der Waals surface area (Å²) in [5.74, 6) is -0.299. The van der Waals surface area contributed by atoms with Crippen molar-refractivity contribution < 1.29 is 10.0 Å². The average molecular weight is 223 g/mol. The Bertz CT molecular complexity index is 392. The van der Waals surface area contributed by atoms with Gasteiger partial charge in [0.05, 0.1) is 24.0 Å². The number of likely N-dealkylation sites (N-methyl/N-ethyl adjacent to an activating group) is 1. The fourth-order valence-electron chi connectivity index (χ4n) is 1.08. The van der Waals surface area contributed by atoms with Crippen LogP contribution in [0, 0.1) is 0 Å². The molecule has 0 fully saturated rings. The molecule has 0 saturated heterocycles. The second kappa shape index (κ2) is 5.06. The van der Waals surface area contributed by atoms with Crippen LogP contribution in [0.2, 0.25) is 0 Å². The average Bonchev–Trinajstić information content (AvgIpc) is 2.36. The van der Waals surface area contributed by atoms with Gasteiger partial charge in [-0.25, -0.2) is 0 Å². The minimum atomic E-state index is -0.495. The quantitative estimate of drug-likeness (QED) is 0.316. The number of hydrogen-bond donors (Lipinski definition) is 2. The Labute approximate surface area is 92.6 Å². The van der Waals surface area contributed by atoms with E-state index < -0.39 is 6.04 Å². The van der Waals surface area contributed by atoms with Crippen molar-refractivity contribution in [2.24, 2.45) is 10.9 Å². The lowest BCUT2D eigenvalue weighted by molar-refractivity contribution is 0.0775. The summed E-state index contributed by atoms with van der Waals surface area (Å²) in [5, 5.41) is 18.5. The first-order chi connectivity index (χ1) is 7.57. The summed E-state index contributed by atoms with van der Waals surface area (Å²) in [6.45, 7) is 1.65. The van der Waals surface area contributed by atoms with Crippen LogP contribution in [0.4, 0.5) is 0 Å². The zero-order valence-corrected chi connectivity index (χ0v) is 9.03. The molecule has 16 heavy (non-hydrogen) atoms. The lowest BCUT2D eigenvalue weighted by Gasteiger charge is -2.23. The highest BCUT2D eigenvalue weighted by Gasteiger charge is 2.20. The van der Waals surface area contributed by atoms with Crippen LogP contribution in [0.3, 0.4) is 0 Å². The molecule has 0 aliphatic heterocycles. The number of hydrogen-bond acceptors (Lipinski definition) is 5. The van der Waals surface area contributed by atoms with Crippen LogP contribution >= 0.6 is 0 Å². The van der Waals surface area contributed by atoms with E-state index in [2.05, 4.69) is 15.4 Å². The Morgan fingerprint density at radius 3 is 2.81 bits per heavy atom. The summed E-state index contributed by atoms with van der Waals surface area (Å²) in [6, 6.07) is 1.05. The minimum absolute atomic E-state index is 0.0298. The SMILES string of the molecule is CC(/C(N)=N/O)N(C)C(=O)c1ccnnc1. The molecule has 0 bridgehead atoms. The van der Waals surface area contributed by atoms with E-state index in [-0.39, 0.29) is 11.7 Å². The van der Waals surface area contributed by atoms with Crippen molar-refractivity contribution in [1.29, 1.82) is 0 Å². The van der Waals surface area contributed by atoms with Gasteiger partial charge < -0.3 is 15.8 Å². The minimum Gasteiger partial charge on any atom is -0.409 e. The van der Waals surface area contributed by atoms with Crippen molar-refractivity contribution in [2.45, 2.75) is 13.0 Å². The number of aromatic nitrogens is 2. The molecule has 0 aromatic carbocycles. The zero-order chi connectivity index (χ0) is 12.1. The molecule has 7 nitrogen and oxygen atoms in total. The molecule has 1 rings (SSSR count). The third-order valence-electron chi connectivity index (χ3n) is 2.28. The number of nitrogens with zero attached hydrogens (tertiary/aromatic N) is 4. The van der Waals surface area contributed by atoms with Gasteiger partial charge in [-0.05, 0) is 13.0 Å². The van der Waals surface area contributed by atoms with E-state index in [1.807, 2.05) is 0 Å². The second-order valence-electron chi connectivity index (χ2n) is 3.25. The molecule has 0 aliphatic carbocycles. The van der Waals surface area contributed by atoms with Crippen molar-refractivity contribution in [2.75, 3.05) is 7.05 Å².